The average molecular weight is 362 g/mol. The van der Waals surface area contributed by atoms with Gasteiger partial charge in [0.1, 0.15) is 11.6 Å². The summed E-state index contributed by atoms with van der Waals surface area (Å²) >= 11 is 0. The zero-order chi connectivity index (χ0) is 18.9. The minimum Gasteiger partial charge on any atom is -0.393 e. The molecule has 0 saturated carbocycles. The normalized spacial score (nSPS) is 26.3. The van der Waals surface area contributed by atoms with Gasteiger partial charge in [-0.15, -0.1) is 0 Å². The van der Waals surface area contributed by atoms with Crippen LogP contribution in [0.25, 0.3) is 0 Å². The number of aliphatic hydroxyl groups excluding tert-OH is 1. The lowest BCUT2D eigenvalue weighted by atomic mass is 9.76. The third-order valence-electron chi connectivity index (χ3n) is 5.81. The molecule has 0 amide bonds. The number of ether oxygens (including phenoxy) is 1. The van der Waals surface area contributed by atoms with Gasteiger partial charge in [0.25, 0.3) is 0 Å². The molecule has 1 aromatic heterocycles. The first-order chi connectivity index (χ1) is 12.2. The van der Waals surface area contributed by atoms with Crippen LogP contribution in [0.1, 0.15) is 71.3 Å². The maximum atomic E-state index is 10.5. The second-order valence-electron chi connectivity index (χ2n) is 9.27. The number of nitrogens with zero attached hydrogens (tertiary/aromatic N) is 3. The standard InChI is InChI=1S/C21H35N3O2/c1-6-7-18-22-15(2)12-19(23-18)24-10-8-21(9-11-24)14-16(25)13-17(26-21)20(3,4)5/h12,16-17,25H,6-11,13-14H2,1-5H3/t16-,17-/m1/s1. The van der Waals surface area contributed by atoms with Crippen LogP contribution in [-0.2, 0) is 11.2 Å². The van der Waals surface area contributed by atoms with Gasteiger partial charge in [0.2, 0.25) is 0 Å². The first-order valence-electron chi connectivity index (χ1n) is 10.2. The molecule has 5 nitrogen and oxygen atoms in total. The van der Waals surface area contributed by atoms with E-state index in [1.807, 2.05) is 6.92 Å². The largest absolute Gasteiger partial charge is 0.393 e. The SMILES string of the molecule is CCCc1nc(C)cc(N2CCC3(CC2)C[C@H](O)C[C@H](C(C)(C)C)O3)n1. The van der Waals surface area contributed by atoms with Crippen molar-refractivity contribution in [2.24, 2.45) is 5.41 Å². The number of piperidine rings is 1. The molecule has 2 aliphatic heterocycles. The third kappa shape index (κ3) is 4.37. The van der Waals surface area contributed by atoms with Gasteiger partial charge in [-0.05, 0) is 31.6 Å². The number of anilines is 1. The molecule has 5 heteroatoms. The molecule has 2 saturated heterocycles. The molecular weight excluding hydrogens is 326 g/mol. The van der Waals surface area contributed by atoms with Gasteiger partial charge in [0.05, 0.1) is 17.8 Å². The van der Waals surface area contributed by atoms with E-state index in [2.05, 4.69) is 43.6 Å². The van der Waals surface area contributed by atoms with E-state index in [0.717, 1.165) is 69.0 Å². The number of rotatable bonds is 3. The first-order valence-corrected chi connectivity index (χ1v) is 10.2. The van der Waals surface area contributed by atoms with Crippen molar-refractivity contribution in [3.05, 3.63) is 17.6 Å². The topological polar surface area (TPSA) is 58.5 Å². The Balaban J connectivity index is 1.70. The van der Waals surface area contributed by atoms with Crippen LogP contribution in [0.2, 0.25) is 0 Å². The van der Waals surface area contributed by atoms with Crippen LogP contribution in [0.5, 0.6) is 0 Å². The molecule has 2 aliphatic rings. The molecular formula is C21H35N3O2. The Labute approximate surface area is 158 Å². The van der Waals surface area contributed by atoms with Gasteiger partial charge in [0, 0.05) is 44.1 Å². The molecule has 0 unspecified atom stereocenters. The quantitative estimate of drug-likeness (QED) is 0.890. The summed E-state index contributed by atoms with van der Waals surface area (Å²) in [7, 11) is 0. The monoisotopic (exact) mass is 361 g/mol. The maximum Gasteiger partial charge on any atom is 0.132 e. The van der Waals surface area contributed by atoms with Crippen molar-refractivity contribution in [1.29, 1.82) is 0 Å². The molecule has 0 aliphatic carbocycles. The number of aliphatic hydroxyl groups is 1. The lowest BCUT2D eigenvalue weighted by Crippen LogP contribution is -2.55. The van der Waals surface area contributed by atoms with Crippen molar-refractivity contribution in [3.8, 4) is 0 Å². The highest BCUT2D eigenvalue weighted by Crippen LogP contribution is 2.42. The van der Waals surface area contributed by atoms with Gasteiger partial charge < -0.3 is 14.7 Å². The Morgan fingerprint density at radius 1 is 1.27 bits per heavy atom. The van der Waals surface area contributed by atoms with E-state index < -0.39 is 0 Å². The van der Waals surface area contributed by atoms with Gasteiger partial charge in [-0.3, -0.25) is 0 Å². The minimum atomic E-state index is -0.253. The predicted molar refractivity (Wildman–Crippen MR) is 105 cm³/mol. The molecule has 0 bridgehead atoms. The highest BCUT2D eigenvalue weighted by molar-refractivity contribution is 5.40. The van der Waals surface area contributed by atoms with Gasteiger partial charge in [0.15, 0.2) is 0 Å². The van der Waals surface area contributed by atoms with Crippen LogP contribution >= 0.6 is 0 Å². The highest BCUT2D eigenvalue weighted by Gasteiger charge is 2.46. The van der Waals surface area contributed by atoms with E-state index >= 15 is 0 Å². The molecule has 3 rings (SSSR count). The summed E-state index contributed by atoms with van der Waals surface area (Å²) in [5, 5.41) is 10.5. The second-order valence-corrected chi connectivity index (χ2v) is 9.27. The predicted octanol–water partition coefficient (Wildman–Crippen LogP) is 3.66. The number of aromatic nitrogens is 2. The lowest BCUT2D eigenvalue weighted by molar-refractivity contribution is -0.199. The molecule has 146 valence electrons. The van der Waals surface area contributed by atoms with E-state index in [1.54, 1.807) is 0 Å². The lowest BCUT2D eigenvalue weighted by Gasteiger charge is -2.50. The number of hydrogen-bond donors (Lipinski definition) is 1. The Morgan fingerprint density at radius 3 is 2.58 bits per heavy atom. The Kier molecular flexibility index (Phi) is 5.59. The summed E-state index contributed by atoms with van der Waals surface area (Å²) < 4.78 is 6.60. The van der Waals surface area contributed by atoms with Crippen LogP contribution in [0, 0.1) is 12.3 Å². The highest BCUT2D eigenvalue weighted by atomic mass is 16.5. The Morgan fingerprint density at radius 2 is 1.96 bits per heavy atom. The van der Waals surface area contributed by atoms with Crippen LogP contribution in [0.3, 0.4) is 0 Å². The van der Waals surface area contributed by atoms with Gasteiger partial charge in [-0.1, -0.05) is 27.7 Å². The van der Waals surface area contributed by atoms with Crippen molar-refractivity contribution >= 4 is 5.82 Å². The summed E-state index contributed by atoms with van der Waals surface area (Å²) in [5.41, 5.74) is 0.918. The fourth-order valence-electron chi connectivity index (χ4n) is 4.26. The maximum absolute atomic E-state index is 10.5. The molecule has 1 spiro atoms. The van der Waals surface area contributed by atoms with Crippen molar-refractivity contribution < 1.29 is 9.84 Å². The fourth-order valence-corrected chi connectivity index (χ4v) is 4.26. The average Bonchev–Trinajstić information content (AvgIpc) is 2.54. The molecule has 1 aromatic rings. The smallest absolute Gasteiger partial charge is 0.132 e. The van der Waals surface area contributed by atoms with E-state index in [1.165, 1.54) is 0 Å². The zero-order valence-electron chi connectivity index (χ0n) is 17.1. The van der Waals surface area contributed by atoms with Crippen LogP contribution in [0.15, 0.2) is 6.07 Å². The molecule has 1 N–H and O–H groups in total. The summed E-state index contributed by atoms with van der Waals surface area (Å²) in [6.07, 6.45) is 5.26. The van der Waals surface area contributed by atoms with Crippen molar-refractivity contribution in [3.63, 3.8) is 0 Å². The molecule has 2 fully saturated rings. The molecule has 26 heavy (non-hydrogen) atoms. The summed E-state index contributed by atoms with van der Waals surface area (Å²) in [6.45, 7) is 12.7. The third-order valence-corrected chi connectivity index (χ3v) is 5.81. The van der Waals surface area contributed by atoms with Gasteiger partial charge >= 0.3 is 0 Å². The van der Waals surface area contributed by atoms with E-state index in [-0.39, 0.29) is 23.2 Å². The van der Waals surface area contributed by atoms with E-state index in [9.17, 15) is 5.11 Å². The van der Waals surface area contributed by atoms with Crippen molar-refractivity contribution in [2.75, 3.05) is 18.0 Å². The minimum absolute atomic E-state index is 0.0599. The van der Waals surface area contributed by atoms with Crippen molar-refractivity contribution in [1.82, 2.24) is 9.97 Å². The Bertz CT molecular complexity index is 618. The fraction of sp³-hybridized carbons (Fsp3) is 0.810. The molecule has 2 atom stereocenters. The number of hydrogen-bond acceptors (Lipinski definition) is 5. The summed E-state index contributed by atoms with van der Waals surface area (Å²) in [4.78, 5) is 11.7. The molecule has 0 aromatic carbocycles. The van der Waals surface area contributed by atoms with Gasteiger partial charge in [-0.2, -0.15) is 0 Å². The molecule has 3 heterocycles. The summed E-state index contributed by atoms with van der Waals surface area (Å²) in [5.74, 6) is 1.99. The number of aryl methyl sites for hydroxylation is 2. The van der Waals surface area contributed by atoms with Gasteiger partial charge in [-0.25, -0.2) is 9.97 Å². The second kappa shape index (κ2) is 7.43. The Hall–Kier alpha value is -1.20. The van der Waals surface area contributed by atoms with Crippen LogP contribution < -0.4 is 4.90 Å². The van der Waals surface area contributed by atoms with Crippen LogP contribution in [-0.4, -0.2) is 46.0 Å². The van der Waals surface area contributed by atoms with Crippen LogP contribution in [0.4, 0.5) is 5.82 Å². The van der Waals surface area contributed by atoms with E-state index in [4.69, 9.17) is 9.72 Å². The van der Waals surface area contributed by atoms with E-state index in [0.29, 0.717) is 0 Å². The first kappa shape index (κ1) is 19.6. The zero-order valence-corrected chi connectivity index (χ0v) is 17.1. The molecule has 0 radical (unpaired) electrons. The summed E-state index contributed by atoms with van der Waals surface area (Å²) in [6, 6.07) is 2.09. The van der Waals surface area contributed by atoms with Crippen molar-refractivity contribution in [2.45, 2.75) is 91.0 Å².